The lowest BCUT2D eigenvalue weighted by Crippen LogP contribution is -1.85. The van der Waals surface area contributed by atoms with Gasteiger partial charge in [0.1, 0.15) is 0 Å². The maximum absolute atomic E-state index is 5.44. The van der Waals surface area contributed by atoms with E-state index in [0.29, 0.717) is 0 Å². The zero-order valence-electron chi connectivity index (χ0n) is 8.61. The molecule has 0 aliphatic rings. The number of hydrogen-bond donors (Lipinski definition) is 0. The van der Waals surface area contributed by atoms with Crippen LogP contribution in [0.5, 0.6) is 0 Å². The molecule has 0 saturated carbocycles. The van der Waals surface area contributed by atoms with Crippen molar-refractivity contribution in [3.8, 4) is 0 Å². The molecule has 0 aliphatic heterocycles. The van der Waals surface area contributed by atoms with Crippen molar-refractivity contribution in [2.24, 2.45) is 0 Å². The summed E-state index contributed by atoms with van der Waals surface area (Å²) in [6.45, 7) is 0. The predicted molar refractivity (Wildman–Crippen MR) is 69.0 cm³/mol. The molecule has 2 nitrogen and oxygen atoms in total. The van der Waals surface area contributed by atoms with E-state index in [1.54, 1.807) is 0 Å². The van der Waals surface area contributed by atoms with Gasteiger partial charge < -0.3 is 4.52 Å². The normalized spacial score (nSPS) is 11.3. The lowest BCUT2D eigenvalue weighted by Gasteiger charge is -1.97. The first-order valence-electron chi connectivity index (χ1n) is 5.22. The smallest absolute Gasteiger partial charge is 0.174 e. The van der Waals surface area contributed by atoms with Gasteiger partial charge in [0, 0.05) is 22.5 Å². The maximum Gasteiger partial charge on any atom is 0.174 e. The summed E-state index contributed by atoms with van der Waals surface area (Å²) in [5.41, 5.74) is 1.92. The van der Waals surface area contributed by atoms with Gasteiger partial charge in [-0.05, 0) is 11.5 Å². The maximum atomic E-state index is 5.44. The molecule has 0 N–H and O–H groups in total. The van der Waals surface area contributed by atoms with Gasteiger partial charge in [-0.2, -0.15) is 0 Å². The molecule has 0 aliphatic carbocycles. The number of aryl methyl sites for hydroxylation is 1. The Morgan fingerprint density at radius 3 is 2.81 bits per heavy atom. The third-order valence-corrected chi connectivity index (χ3v) is 3.17. The minimum absolute atomic E-state index is 0.894. The lowest BCUT2D eigenvalue weighted by molar-refractivity contribution is 0.449. The molecule has 0 saturated heterocycles. The number of halogens is 1. The highest BCUT2D eigenvalue weighted by atomic mass is 79.9. The molecule has 1 aromatic heterocycles. The number of fused-ring (bicyclic) bond motifs is 3. The van der Waals surface area contributed by atoms with Crippen LogP contribution in [0.15, 0.2) is 40.9 Å². The molecule has 0 unspecified atom stereocenters. The largest absolute Gasteiger partial charge is 0.355 e. The molecule has 0 fully saturated rings. The summed E-state index contributed by atoms with van der Waals surface area (Å²) in [4.78, 5) is 0. The first-order valence-corrected chi connectivity index (χ1v) is 6.34. The molecule has 3 aromatic rings. The number of nitrogens with zero attached hydrogens (tertiary/aromatic N) is 1. The Bertz CT molecular complexity index is 645. The number of alkyl halides is 1. The minimum Gasteiger partial charge on any atom is -0.355 e. The molecule has 3 rings (SSSR count). The van der Waals surface area contributed by atoms with Crippen molar-refractivity contribution < 1.29 is 4.52 Å². The van der Waals surface area contributed by atoms with Gasteiger partial charge in [0.2, 0.25) is 0 Å². The number of benzene rings is 2. The van der Waals surface area contributed by atoms with E-state index in [-0.39, 0.29) is 0 Å². The molecule has 16 heavy (non-hydrogen) atoms. The summed E-state index contributed by atoms with van der Waals surface area (Å²) in [7, 11) is 0. The van der Waals surface area contributed by atoms with E-state index in [9.17, 15) is 0 Å². The summed E-state index contributed by atoms with van der Waals surface area (Å²) in [6, 6.07) is 12.4. The van der Waals surface area contributed by atoms with Gasteiger partial charge in [-0.3, -0.25) is 0 Å². The second-order valence-electron chi connectivity index (χ2n) is 3.73. The Balaban J connectivity index is 2.36. The predicted octanol–water partition coefficient (Wildman–Crippen LogP) is 3.92. The molecule has 0 radical (unpaired) electrons. The van der Waals surface area contributed by atoms with Gasteiger partial charge in [-0.1, -0.05) is 51.4 Å². The fraction of sp³-hybridized carbons (Fsp3) is 0.154. The highest BCUT2D eigenvalue weighted by molar-refractivity contribution is 9.09. The lowest BCUT2D eigenvalue weighted by atomic mass is 10.1. The van der Waals surface area contributed by atoms with Crippen LogP contribution in [-0.2, 0) is 6.42 Å². The number of aromatic nitrogens is 1. The fourth-order valence-electron chi connectivity index (χ4n) is 1.99. The quantitative estimate of drug-likeness (QED) is 0.663. The minimum atomic E-state index is 0.894. The average molecular weight is 276 g/mol. The van der Waals surface area contributed by atoms with Crippen LogP contribution in [0.4, 0.5) is 0 Å². The van der Waals surface area contributed by atoms with Crippen molar-refractivity contribution in [2.75, 3.05) is 5.33 Å². The van der Waals surface area contributed by atoms with Crippen molar-refractivity contribution in [1.29, 1.82) is 0 Å². The van der Waals surface area contributed by atoms with Crippen LogP contribution in [0.25, 0.3) is 21.7 Å². The molecule has 80 valence electrons. The monoisotopic (exact) mass is 275 g/mol. The van der Waals surface area contributed by atoms with Crippen LogP contribution in [0.3, 0.4) is 0 Å². The van der Waals surface area contributed by atoms with Crippen LogP contribution >= 0.6 is 15.9 Å². The molecular formula is C13H10BrNO. The molecule has 3 heteroatoms. The first-order chi connectivity index (χ1) is 7.90. The second-order valence-corrected chi connectivity index (χ2v) is 4.52. The fourth-order valence-corrected chi connectivity index (χ4v) is 2.36. The highest BCUT2D eigenvalue weighted by Gasteiger charge is 2.09. The molecule has 0 bridgehead atoms. The van der Waals surface area contributed by atoms with Crippen molar-refractivity contribution in [3.63, 3.8) is 0 Å². The zero-order chi connectivity index (χ0) is 11.0. The van der Waals surface area contributed by atoms with Gasteiger partial charge in [-0.25, -0.2) is 0 Å². The highest BCUT2D eigenvalue weighted by Crippen LogP contribution is 2.27. The van der Waals surface area contributed by atoms with Crippen LogP contribution in [0, 0.1) is 0 Å². The third-order valence-electron chi connectivity index (χ3n) is 2.77. The van der Waals surface area contributed by atoms with Gasteiger partial charge in [0.15, 0.2) is 5.58 Å². The van der Waals surface area contributed by atoms with Crippen LogP contribution in [0.2, 0.25) is 0 Å². The van der Waals surface area contributed by atoms with Gasteiger partial charge in [0.25, 0.3) is 0 Å². The number of hydrogen-bond acceptors (Lipinski definition) is 2. The van der Waals surface area contributed by atoms with Crippen molar-refractivity contribution in [3.05, 3.63) is 42.1 Å². The third kappa shape index (κ3) is 1.43. The second kappa shape index (κ2) is 3.91. The summed E-state index contributed by atoms with van der Waals surface area (Å²) in [6.07, 6.45) is 0.894. The molecule has 0 spiro atoms. The van der Waals surface area contributed by atoms with E-state index in [4.69, 9.17) is 4.52 Å². The van der Waals surface area contributed by atoms with E-state index in [1.165, 1.54) is 5.39 Å². The van der Waals surface area contributed by atoms with E-state index in [1.807, 2.05) is 12.1 Å². The Morgan fingerprint density at radius 2 is 1.94 bits per heavy atom. The van der Waals surface area contributed by atoms with E-state index < -0.39 is 0 Å². The Morgan fingerprint density at radius 1 is 1.06 bits per heavy atom. The number of rotatable bonds is 2. The molecule has 1 heterocycles. The van der Waals surface area contributed by atoms with E-state index in [0.717, 1.165) is 33.8 Å². The van der Waals surface area contributed by atoms with Crippen LogP contribution in [-0.4, -0.2) is 10.5 Å². The average Bonchev–Trinajstić information content (AvgIpc) is 2.73. The van der Waals surface area contributed by atoms with Crippen molar-refractivity contribution in [1.82, 2.24) is 5.16 Å². The van der Waals surface area contributed by atoms with E-state index >= 15 is 0 Å². The van der Waals surface area contributed by atoms with Gasteiger partial charge in [-0.15, -0.1) is 0 Å². The standard InChI is InChI=1S/C13H10BrNO/c14-8-7-12-11-6-5-9-3-1-2-4-10(9)13(11)16-15-12/h1-6H,7-8H2. The summed E-state index contributed by atoms with van der Waals surface area (Å²) in [5.74, 6) is 0. The first kappa shape index (κ1) is 9.85. The Labute approximate surface area is 101 Å². The zero-order valence-corrected chi connectivity index (χ0v) is 10.2. The molecule has 2 aromatic carbocycles. The molecular weight excluding hydrogens is 266 g/mol. The summed E-state index contributed by atoms with van der Waals surface area (Å²) < 4.78 is 5.44. The van der Waals surface area contributed by atoms with E-state index in [2.05, 4.69) is 45.4 Å². The van der Waals surface area contributed by atoms with Crippen LogP contribution < -0.4 is 0 Å². The Hall–Kier alpha value is -1.35. The van der Waals surface area contributed by atoms with Crippen molar-refractivity contribution in [2.45, 2.75) is 6.42 Å². The van der Waals surface area contributed by atoms with Crippen LogP contribution in [0.1, 0.15) is 5.69 Å². The SMILES string of the molecule is BrCCc1noc2c1ccc1ccccc12. The molecule has 0 amide bonds. The molecule has 0 atom stereocenters. The summed E-state index contributed by atoms with van der Waals surface area (Å²) in [5, 5.41) is 8.48. The Kier molecular flexibility index (Phi) is 2.40. The van der Waals surface area contributed by atoms with Gasteiger partial charge >= 0.3 is 0 Å². The summed E-state index contributed by atoms with van der Waals surface area (Å²) >= 11 is 3.42. The van der Waals surface area contributed by atoms with Crippen molar-refractivity contribution >= 4 is 37.7 Å². The van der Waals surface area contributed by atoms with Gasteiger partial charge in [0.05, 0.1) is 5.69 Å². The topological polar surface area (TPSA) is 26.0 Å².